The molecule has 0 atom stereocenters. The van der Waals surface area contributed by atoms with Gasteiger partial charge in [0.15, 0.2) is 0 Å². The van der Waals surface area contributed by atoms with Gasteiger partial charge in [0.05, 0.1) is 0 Å². The number of rotatable bonds is 6. The number of aryl methyl sites for hydroxylation is 1. The first kappa shape index (κ1) is 12.6. The number of hydrogen-bond acceptors (Lipinski definition) is 6. The Morgan fingerprint density at radius 1 is 1.44 bits per heavy atom. The maximum Gasteiger partial charge on any atom is 0.239 e. The van der Waals surface area contributed by atoms with E-state index in [1.54, 1.807) is 0 Å². The summed E-state index contributed by atoms with van der Waals surface area (Å²) in [4.78, 5) is 19.6. The summed E-state index contributed by atoms with van der Waals surface area (Å²) in [7, 11) is 0. The Bertz CT molecular complexity index is 432. The molecule has 7 heteroatoms. The quantitative estimate of drug-likeness (QED) is 0.322. The van der Waals surface area contributed by atoms with Crippen LogP contribution in [-0.2, 0) is 4.79 Å². The number of carbonyl (C=O) groups excluding carboxylic acids is 1. The van der Waals surface area contributed by atoms with E-state index in [0.29, 0.717) is 24.9 Å². The van der Waals surface area contributed by atoms with E-state index in [1.165, 1.54) is 0 Å². The van der Waals surface area contributed by atoms with Gasteiger partial charge in [-0.1, -0.05) is 0 Å². The number of nitrogens with zero attached hydrogens (tertiary/aromatic N) is 2. The predicted molar refractivity (Wildman–Crippen MR) is 68.8 cm³/mol. The molecule has 1 saturated carbocycles. The van der Waals surface area contributed by atoms with Crippen LogP contribution in [0, 0.1) is 12.8 Å². The van der Waals surface area contributed by atoms with Crippen LogP contribution in [0.4, 0.5) is 11.8 Å². The lowest BCUT2D eigenvalue weighted by atomic mass is 10.4. The van der Waals surface area contributed by atoms with Gasteiger partial charge in [-0.25, -0.2) is 10.8 Å². The van der Waals surface area contributed by atoms with Gasteiger partial charge in [-0.05, 0) is 19.8 Å². The maximum atomic E-state index is 11.4. The van der Waals surface area contributed by atoms with E-state index in [4.69, 9.17) is 5.84 Å². The highest BCUT2D eigenvalue weighted by atomic mass is 16.2. The summed E-state index contributed by atoms with van der Waals surface area (Å²) >= 11 is 0. The molecule has 98 valence electrons. The van der Waals surface area contributed by atoms with Crippen LogP contribution in [0.5, 0.6) is 0 Å². The third kappa shape index (κ3) is 3.56. The fourth-order valence-electron chi connectivity index (χ4n) is 1.59. The summed E-state index contributed by atoms with van der Waals surface area (Å²) in [6.07, 6.45) is 2.05. The molecule has 1 aromatic heterocycles. The molecule has 0 bridgehead atoms. The molecular formula is C11H18N6O. The number of hydrogen-bond donors (Lipinski definition) is 4. The fraction of sp³-hybridized carbons (Fsp3) is 0.545. The zero-order chi connectivity index (χ0) is 13.0. The minimum Gasteiger partial charge on any atom is -0.368 e. The van der Waals surface area contributed by atoms with Crippen molar-refractivity contribution in [3.63, 3.8) is 0 Å². The molecule has 1 aliphatic carbocycles. The third-order valence-electron chi connectivity index (χ3n) is 2.66. The first-order chi connectivity index (χ1) is 8.69. The topological polar surface area (TPSA) is 105 Å². The largest absolute Gasteiger partial charge is 0.368 e. The van der Waals surface area contributed by atoms with Crippen molar-refractivity contribution in [2.45, 2.75) is 19.8 Å². The number of aromatic nitrogens is 2. The Kier molecular flexibility index (Phi) is 3.93. The van der Waals surface area contributed by atoms with Gasteiger partial charge in [0, 0.05) is 30.8 Å². The van der Waals surface area contributed by atoms with E-state index in [1.807, 2.05) is 13.0 Å². The lowest BCUT2D eigenvalue weighted by molar-refractivity contribution is -0.122. The Balaban J connectivity index is 1.75. The van der Waals surface area contributed by atoms with Crippen LogP contribution in [0.25, 0.3) is 0 Å². The van der Waals surface area contributed by atoms with Gasteiger partial charge in [0.2, 0.25) is 11.9 Å². The monoisotopic (exact) mass is 250 g/mol. The van der Waals surface area contributed by atoms with Crippen LogP contribution in [0.1, 0.15) is 18.5 Å². The van der Waals surface area contributed by atoms with Crippen molar-refractivity contribution in [1.82, 2.24) is 15.3 Å². The number of nitrogens with one attached hydrogen (secondary N) is 3. The van der Waals surface area contributed by atoms with Crippen LogP contribution in [0.3, 0.4) is 0 Å². The van der Waals surface area contributed by atoms with Crippen LogP contribution in [0.2, 0.25) is 0 Å². The average molecular weight is 250 g/mol. The van der Waals surface area contributed by atoms with Crippen molar-refractivity contribution in [2.24, 2.45) is 11.8 Å². The van der Waals surface area contributed by atoms with E-state index in [2.05, 4.69) is 26.0 Å². The van der Waals surface area contributed by atoms with Crippen LogP contribution in [-0.4, -0.2) is 29.0 Å². The van der Waals surface area contributed by atoms with Crippen molar-refractivity contribution in [1.29, 1.82) is 0 Å². The second kappa shape index (κ2) is 5.63. The lowest BCUT2D eigenvalue weighted by Gasteiger charge is -2.08. The van der Waals surface area contributed by atoms with Gasteiger partial charge in [-0.2, -0.15) is 4.98 Å². The molecule has 1 amide bonds. The summed E-state index contributed by atoms with van der Waals surface area (Å²) in [5.74, 6) is 6.73. The van der Waals surface area contributed by atoms with Crippen molar-refractivity contribution >= 4 is 17.7 Å². The number of anilines is 2. The van der Waals surface area contributed by atoms with Gasteiger partial charge < -0.3 is 10.6 Å². The normalized spacial score (nSPS) is 14.1. The van der Waals surface area contributed by atoms with Crippen molar-refractivity contribution in [2.75, 3.05) is 23.8 Å². The third-order valence-corrected chi connectivity index (χ3v) is 2.66. The average Bonchev–Trinajstić information content (AvgIpc) is 3.17. The summed E-state index contributed by atoms with van der Waals surface area (Å²) in [6.45, 7) is 3.07. The molecule has 0 saturated heterocycles. The molecule has 0 aliphatic heterocycles. The number of carbonyl (C=O) groups is 1. The number of nitrogen functional groups attached to an aromatic ring is 1. The number of nitrogens with two attached hydrogens (primary N) is 1. The second-order valence-electron chi connectivity index (χ2n) is 4.35. The second-order valence-corrected chi connectivity index (χ2v) is 4.35. The Morgan fingerprint density at radius 3 is 2.89 bits per heavy atom. The summed E-state index contributed by atoms with van der Waals surface area (Å²) in [5.41, 5.74) is 3.23. The van der Waals surface area contributed by atoms with Crippen LogP contribution >= 0.6 is 0 Å². The van der Waals surface area contributed by atoms with Crippen LogP contribution in [0.15, 0.2) is 6.07 Å². The maximum absolute atomic E-state index is 11.4. The van der Waals surface area contributed by atoms with Crippen molar-refractivity contribution in [3.8, 4) is 0 Å². The molecule has 0 radical (unpaired) electrons. The van der Waals surface area contributed by atoms with Crippen molar-refractivity contribution in [3.05, 3.63) is 11.8 Å². The molecule has 0 unspecified atom stereocenters. The molecule has 18 heavy (non-hydrogen) atoms. The standard InChI is InChI=1S/C11H18N6O/c1-7-6-9(16-11(15-7)17-12)13-4-5-14-10(18)8-2-3-8/h6,8H,2-5,12H2,1H3,(H,14,18)(H2,13,15,16,17). The summed E-state index contributed by atoms with van der Waals surface area (Å²) < 4.78 is 0. The molecular weight excluding hydrogens is 232 g/mol. The van der Waals surface area contributed by atoms with E-state index in [9.17, 15) is 4.79 Å². The van der Waals surface area contributed by atoms with Crippen LogP contribution < -0.4 is 21.9 Å². The molecule has 7 nitrogen and oxygen atoms in total. The molecule has 5 N–H and O–H groups in total. The highest BCUT2D eigenvalue weighted by Gasteiger charge is 2.28. The van der Waals surface area contributed by atoms with Gasteiger partial charge in [0.1, 0.15) is 5.82 Å². The number of hydrazine groups is 1. The first-order valence-corrected chi connectivity index (χ1v) is 6.03. The minimum atomic E-state index is 0.153. The van der Waals surface area contributed by atoms with Crippen molar-refractivity contribution < 1.29 is 4.79 Å². The van der Waals surface area contributed by atoms with E-state index in [-0.39, 0.29) is 11.8 Å². The zero-order valence-electron chi connectivity index (χ0n) is 10.4. The van der Waals surface area contributed by atoms with Gasteiger partial charge >= 0.3 is 0 Å². The van der Waals surface area contributed by atoms with Gasteiger partial charge in [-0.15, -0.1) is 0 Å². The highest BCUT2D eigenvalue weighted by Crippen LogP contribution is 2.28. The first-order valence-electron chi connectivity index (χ1n) is 6.03. The van der Waals surface area contributed by atoms with Gasteiger partial charge in [0.25, 0.3) is 0 Å². The van der Waals surface area contributed by atoms with E-state index >= 15 is 0 Å². The molecule has 1 aromatic rings. The molecule has 0 spiro atoms. The smallest absolute Gasteiger partial charge is 0.239 e. The molecule has 2 rings (SSSR count). The molecule has 1 fully saturated rings. The molecule has 1 heterocycles. The lowest BCUT2D eigenvalue weighted by Crippen LogP contribution is -2.30. The fourth-order valence-corrected chi connectivity index (χ4v) is 1.59. The SMILES string of the molecule is Cc1cc(NCCNC(=O)C2CC2)nc(NN)n1. The number of amides is 1. The highest BCUT2D eigenvalue weighted by molar-refractivity contribution is 5.80. The molecule has 1 aliphatic rings. The van der Waals surface area contributed by atoms with E-state index in [0.717, 1.165) is 18.5 Å². The van der Waals surface area contributed by atoms with Gasteiger partial charge in [-0.3, -0.25) is 10.2 Å². The van der Waals surface area contributed by atoms with E-state index < -0.39 is 0 Å². The summed E-state index contributed by atoms with van der Waals surface area (Å²) in [5, 5.41) is 5.99. The predicted octanol–water partition coefficient (Wildman–Crippen LogP) is 0.00872. The Morgan fingerprint density at radius 2 is 2.22 bits per heavy atom. The molecule has 0 aromatic carbocycles. The summed E-state index contributed by atoms with van der Waals surface area (Å²) in [6, 6.07) is 1.82. The zero-order valence-corrected chi connectivity index (χ0v) is 10.4. The Hall–Kier alpha value is -1.89. The Labute approximate surface area is 106 Å². The minimum absolute atomic E-state index is 0.153.